The van der Waals surface area contributed by atoms with Gasteiger partial charge in [0.05, 0.1) is 5.92 Å². The maximum atomic E-state index is 13.1. The van der Waals surface area contributed by atoms with Gasteiger partial charge in [-0.2, -0.15) is 4.98 Å². The molecule has 4 rings (SSSR count). The number of hydrogen-bond acceptors (Lipinski definition) is 5. The van der Waals surface area contributed by atoms with Gasteiger partial charge in [-0.15, -0.1) is 0 Å². The molecule has 1 saturated carbocycles. The van der Waals surface area contributed by atoms with Crippen LogP contribution < -0.4 is 10.2 Å². The summed E-state index contributed by atoms with van der Waals surface area (Å²) in [6.07, 6.45) is 3.39. The second-order valence-electron chi connectivity index (χ2n) is 9.27. The molecule has 1 saturated heterocycles. The highest BCUT2D eigenvalue weighted by molar-refractivity contribution is 6.01. The summed E-state index contributed by atoms with van der Waals surface area (Å²) in [5.74, 6) is 1.48. The van der Waals surface area contributed by atoms with Crippen molar-refractivity contribution in [3.63, 3.8) is 0 Å². The fraction of sp³-hybridized carbons (Fsp3) is 0.583. The number of carbonyl (C=O) groups excluding carboxylic acids is 2. The normalized spacial score (nSPS) is 20.9. The third-order valence-electron chi connectivity index (χ3n) is 6.50. The van der Waals surface area contributed by atoms with Crippen LogP contribution in [-0.2, 0) is 9.59 Å². The van der Waals surface area contributed by atoms with Crippen molar-refractivity contribution in [1.29, 1.82) is 0 Å². The first-order valence-electron chi connectivity index (χ1n) is 11.4. The van der Waals surface area contributed by atoms with Crippen LogP contribution in [0.3, 0.4) is 0 Å². The van der Waals surface area contributed by atoms with E-state index in [1.807, 2.05) is 32.0 Å². The molecule has 0 spiro atoms. The Morgan fingerprint density at radius 3 is 2.68 bits per heavy atom. The predicted octanol–water partition coefficient (Wildman–Crippen LogP) is 4.33. The van der Waals surface area contributed by atoms with Crippen molar-refractivity contribution in [2.75, 3.05) is 11.4 Å². The lowest BCUT2D eigenvalue weighted by Crippen LogP contribution is -2.37. The summed E-state index contributed by atoms with van der Waals surface area (Å²) in [5.41, 5.74) is 2.07. The van der Waals surface area contributed by atoms with E-state index in [1.54, 1.807) is 4.90 Å². The molecule has 2 fully saturated rings. The lowest BCUT2D eigenvalue weighted by atomic mass is 9.96. The zero-order valence-corrected chi connectivity index (χ0v) is 18.8. The van der Waals surface area contributed by atoms with Crippen LogP contribution in [0.4, 0.5) is 5.69 Å². The third-order valence-corrected chi connectivity index (χ3v) is 6.50. The van der Waals surface area contributed by atoms with E-state index in [0.717, 1.165) is 36.3 Å². The molecule has 3 atom stereocenters. The molecular formula is C24H32N4O3. The van der Waals surface area contributed by atoms with Crippen LogP contribution in [0.5, 0.6) is 0 Å². The van der Waals surface area contributed by atoms with E-state index >= 15 is 0 Å². The van der Waals surface area contributed by atoms with Gasteiger partial charge in [0, 0.05) is 24.6 Å². The van der Waals surface area contributed by atoms with Gasteiger partial charge in [0.25, 0.3) is 0 Å². The van der Waals surface area contributed by atoms with Crippen molar-refractivity contribution in [2.45, 2.75) is 71.3 Å². The Morgan fingerprint density at radius 2 is 2.00 bits per heavy atom. The van der Waals surface area contributed by atoms with Crippen LogP contribution in [0.1, 0.15) is 88.5 Å². The first-order chi connectivity index (χ1) is 14.9. The molecule has 166 valence electrons. The van der Waals surface area contributed by atoms with Crippen molar-refractivity contribution in [2.24, 2.45) is 11.8 Å². The number of nitrogens with zero attached hydrogens (tertiary/aromatic N) is 3. The number of amides is 2. The van der Waals surface area contributed by atoms with Crippen LogP contribution in [0, 0.1) is 11.8 Å². The summed E-state index contributed by atoms with van der Waals surface area (Å²) in [7, 11) is 0. The van der Waals surface area contributed by atoms with Gasteiger partial charge in [0.1, 0.15) is 6.04 Å². The molecule has 31 heavy (non-hydrogen) atoms. The molecule has 2 amide bonds. The summed E-state index contributed by atoms with van der Waals surface area (Å²) in [6, 6.07) is 7.65. The molecule has 1 aliphatic carbocycles. The van der Waals surface area contributed by atoms with E-state index < -0.39 is 5.92 Å². The summed E-state index contributed by atoms with van der Waals surface area (Å²) in [6.45, 7) is 8.72. The van der Waals surface area contributed by atoms with Crippen molar-refractivity contribution >= 4 is 17.5 Å². The van der Waals surface area contributed by atoms with Gasteiger partial charge in [0.15, 0.2) is 5.82 Å². The van der Waals surface area contributed by atoms with Crippen LogP contribution in [0.25, 0.3) is 0 Å². The number of para-hydroxylation sites is 1. The van der Waals surface area contributed by atoms with Crippen molar-refractivity contribution in [3.8, 4) is 0 Å². The summed E-state index contributed by atoms with van der Waals surface area (Å²) >= 11 is 0. The highest BCUT2D eigenvalue weighted by Gasteiger charge is 2.38. The van der Waals surface area contributed by atoms with Crippen molar-refractivity contribution in [1.82, 2.24) is 15.5 Å². The maximum absolute atomic E-state index is 13.1. The van der Waals surface area contributed by atoms with E-state index in [1.165, 1.54) is 0 Å². The van der Waals surface area contributed by atoms with Crippen LogP contribution >= 0.6 is 0 Å². The van der Waals surface area contributed by atoms with Gasteiger partial charge in [-0.25, -0.2) is 0 Å². The molecule has 2 aromatic rings. The Balaban J connectivity index is 1.47. The van der Waals surface area contributed by atoms with Crippen LogP contribution in [-0.4, -0.2) is 28.5 Å². The van der Waals surface area contributed by atoms with E-state index in [4.69, 9.17) is 4.52 Å². The van der Waals surface area contributed by atoms with E-state index in [-0.39, 0.29) is 30.2 Å². The van der Waals surface area contributed by atoms with Gasteiger partial charge in [0.2, 0.25) is 17.7 Å². The van der Waals surface area contributed by atoms with Crippen LogP contribution in [0.2, 0.25) is 0 Å². The smallest absolute Gasteiger partial charge is 0.249 e. The zero-order chi connectivity index (χ0) is 22.1. The lowest BCUT2D eigenvalue weighted by Gasteiger charge is -2.24. The standard InChI is InChI=1S/C24H32N4O3/c1-5-15(4)18-8-6-7-9-19(18)28-13-17(12-20(28)29)23(30)25-21(14(2)3)24-26-22(27-31-24)16-10-11-16/h6-9,14-17,21H,5,10-13H2,1-4H3,(H,25,30). The molecule has 7 nitrogen and oxygen atoms in total. The second kappa shape index (κ2) is 8.81. The first-order valence-corrected chi connectivity index (χ1v) is 11.4. The Kier molecular flexibility index (Phi) is 6.12. The molecule has 1 aliphatic heterocycles. The monoisotopic (exact) mass is 424 g/mol. The van der Waals surface area contributed by atoms with Gasteiger partial charge in [-0.1, -0.05) is 51.1 Å². The first kappa shape index (κ1) is 21.5. The highest BCUT2D eigenvalue weighted by Crippen LogP contribution is 2.39. The average molecular weight is 425 g/mol. The zero-order valence-electron chi connectivity index (χ0n) is 18.8. The summed E-state index contributed by atoms with van der Waals surface area (Å²) in [4.78, 5) is 32.2. The quantitative estimate of drug-likeness (QED) is 0.681. The molecule has 0 bridgehead atoms. The summed E-state index contributed by atoms with van der Waals surface area (Å²) in [5, 5.41) is 7.16. The number of carbonyl (C=O) groups is 2. The molecule has 1 aromatic heterocycles. The van der Waals surface area contributed by atoms with E-state index in [2.05, 4.69) is 35.4 Å². The number of hydrogen-bond donors (Lipinski definition) is 1. The summed E-state index contributed by atoms with van der Waals surface area (Å²) < 4.78 is 5.47. The predicted molar refractivity (Wildman–Crippen MR) is 118 cm³/mol. The number of nitrogens with one attached hydrogen (secondary N) is 1. The van der Waals surface area contributed by atoms with E-state index in [0.29, 0.717) is 24.3 Å². The number of aromatic nitrogens is 2. The minimum atomic E-state index is -0.399. The van der Waals surface area contributed by atoms with Gasteiger partial charge < -0.3 is 14.7 Å². The Bertz CT molecular complexity index is 950. The molecule has 1 aromatic carbocycles. The molecule has 7 heteroatoms. The fourth-order valence-electron chi connectivity index (χ4n) is 4.15. The van der Waals surface area contributed by atoms with Crippen molar-refractivity contribution in [3.05, 3.63) is 41.5 Å². The Hall–Kier alpha value is -2.70. The number of rotatable bonds is 8. The van der Waals surface area contributed by atoms with Gasteiger partial charge >= 0.3 is 0 Å². The number of benzene rings is 1. The molecular weight excluding hydrogens is 392 g/mol. The molecule has 0 radical (unpaired) electrons. The SMILES string of the molecule is CCC(C)c1ccccc1N1CC(C(=O)NC(c2nc(C3CC3)no2)C(C)C)CC1=O. The third kappa shape index (κ3) is 4.50. The van der Waals surface area contributed by atoms with Crippen molar-refractivity contribution < 1.29 is 14.1 Å². The van der Waals surface area contributed by atoms with Gasteiger partial charge in [-0.3, -0.25) is 9.59 Å². The highest BCUT2D eigenvalue weighted by atomic mass is 16.5. The minimum Gasteiger partial charge on any atom is -0.344 e. The fourth-order valence-corrected chi connectivity index (χ4v) is 4.15. The average Bonchev–Trinajstić information content (AvgIpc) is 3.37. The largest absolute Gasteiger partial charge is 0.344 e. The van der Waals surface area contributed by atoms with Crippen LogP contribution in [0.15, 0.2) is 28.8 Å². The molecule has 2 aliphatic rings. The van der Waals surface area contributed by atoms with E-state index in [9.17, 15) is 9.59 Å². The second-order valence-corrected chi connectivity index (χ2v) is 9.27. The maximum Gasteiger partial charge on any atom is 0.249 e. The lowest BCUT2D eigenvalue weighted by molar-refractivity contribution is -0.127. The molecule has 3 unspecified atom stereocenters. The van der Waals surface area contributed by atoms with Gasteiger partial charge in [-0.05, 0) is 42.7 Å². The minimum absolute atomic E-state index is 0.00851. The Labute approximate surface area is 183 Å². The topological polar surface area (TPSA) is 88.3 Å². The number of anilines is 1. The molecule has 1 N–H and O–H groups in total. The Morgan fingerprint density at radius 1 is 1.26 bits per heavy atom. The molecule has 2 heterocycles.